The van der Waals surface area contributed by atoms with Crippen LogP contribution in [-0.4, -0.2) is 54.6 Å². The second-order valence-corrected chi connectivity index (χ2v) is 7.88. The van der Waals surface area contributed by atoms with Crippen molar-refractivity contribution >= 4 is 40.2 Å². The number of piperidine rings is 1. The minimum absolute atomic E-state index is 0.0358. The van der Waals surface area contributed by atoms with Crippen LogP contribution >= 0.6 is 11.6 Å². The summed E-state index contributed by atoms with van der Waals surface area (Å²) in [5.41, 5.74) is 0.703. The molecule has 2 amide bonds. The van der Waals surface area contributed by atoms with E-state index in [4.69, 9.17) is 16.1 Å². The molecule has 1 N–H and O–H groups in total. The van der Waals surface area contributed by atoms with Crippen LogP contribution in [0, 0.1) is 5.92 Å². The van der Waals surface area contributed by atoms with Crippen LogP contribution in [0.1, 0.15) is 25.7 Å². The van der Waals surface area contributed by atoms with E-state index in [1.165, 1.54) is 0 Å². The topological polar surface area (TPSA) is 78.7 Å². The van der Waals surface area contributed by atoms with Crippen LogP contribution in [0.25, 0.3) is 11.0 Å². The predicted octanol–water partition coefficient (Wildman–Crippen LogP) is 2.43. The summed E-state index contributed by atoms with van der Waals surface area (Å²) in [6.45, 7) is 1.56. The number of amides is 2. The molecule has 1 aromatic heterocycles. The standard InChI is InChI=1S/C19H23ClN4O3/c1-23(11-17(25)21-14-3-4-14)19(26)12-6-8-24(9-7-12)18-15-10-13(20)2-5-16(15)27-22-18/h2,5,10,12,14H,3-4,6-9,11H2,1H3,(H,21,25). The number of carbonyl (C=O) groups excluding carboxylic acids is 2. The maximum atomic E-state index is 12.7. The molecule has 0 atom stereocenters. The maximum absolute atomic E-state index is 12.7. The van der Waals surface area contributed by atoms with Gasteiger partial charge in [0, 0.05) is 37.1 Å². The van der Waals surface area contributed by atoms with Gasteiger partial charge in [-0.25, -0.2) is 0 Å². The van der Waals surface area contributed by atoms with Crippen molar-refractivity contribution in [1.82, 2.24) is 15.4 Å². The molecule has 1 aliphatic carbocycles. The van der Waals surface area contributed by atoms with Crippen molar-refractivity contribution < 1.29 is 14.1 Å². The smallest absolute Gasteiger partial charge is 0.239 e. The second-order valence-electron chi connectivity index (χ2n) is 7.44. The largest absolute Gasteiger partial charge is 0.354 e. The number of nitrogens with zero attached hydrogens (tertiary/aromatic N) is 3. The highest BCUT2D eigenvalue weighted by Crippen LogP contribution is 2.31. The molecule has 1 saturated heterocycles. The van der Waals surface area contributed by atoms with Gasteiger partial charge in [-0.15, -0.1) is 0 Å². The fourth-order valence-electron chi connectivity index (χ4n) is 3.57. The summed E-state index contributed by atoms with van der Waals surface area (Å²) in [4.78, 5) is 28.2. The van der Waals surface area contributed by atoms with Crippen LogP contribution in [-0.2, 0) is 9.59 Å². The molecule has 4 rings (SSSR count). The number of nitrogens with one attached hydrogen (secondary N) is 1. The Morgan fingerprint density at radius 3 is 2.74 bits per heavy atom. The van der Waals surface area contributed by atoms with Gasteiger partial charge in [0.2, 0.25) is 11.8 Å². The SMILES string of the molecule is CN(CC(=O)NC1CC1)C(=O)C1CCN(c2noc3ccc(Cl)cc23)CC1. The highest BCUT2D eigenvalue weighted by atomic mass is 35.5. The first-order valence-corrected chi connectivity index (χ1v) is 9.73. The van der Waals surface area contributed by atoms with Gasteiger partial charge in [-0.3, -0.25) is 9.59 Å². The van der Waals surface area contributed by atoms with Crippen LogP contribution in [0.4, 0.5) is 5.82 Å². The van der Waals surface area contributed by atoms with E-state index in [0.717, 1.165) is 36.9 Å². The molecular weight excluding hydrogens is 368 g/mol. The lowest BCUT2D eigenvalue weighted by atomic mass is 9.95. The van der Waals surface area contributed by atoms with Gasteiger partial charge >= 0.3 is 0 Å². The molecule has 1 aromatic carbocycles. The first-order valence-electron chi connectivity index (χ1n) is 9.35. The van der Waals surface area contributed by atoms with E-state index >= 15 is 0 Å². The quantitative estimate of drug-likeness (QED) is 0.848. The Morgan fingerprint density at radius 2 is 2.04 bits per heavy atom. The molecule has 7 nitrogen and oxygen atoms in total. The van der Waals surface area contributed by atoms with Crippen LogP contribution in [0.5, 0.6) is 0 Å². The van der Waals surface area contributed by atoms with E-state index in [1.54, 1.807) is 18.0 Å². The van der Waals surface area contributed by atoms with E-state index < -0.39 is 0 Å². The zero-order chi connectivity index (χ0) is 19.0. The molecule has 144 valence electrons. The number of carbonyl (C=O) groups is 2. The number of halogens is 1. The van der Waals surface area contributed by atoms with E-state index in [2.05, 4.69) is 15.4 Å². The summed E-state index contributed by atoms with van der Waals surface area (Å²) in [5, 5.41) is 8.63. The lowest BCUT2D eigenvalue weighted by Crippen LogP contribution is -2.45. The molecule has 2 aromatic rings. The molecule has 0 radical (unpaired) electrons. The highest BCUT2D eigenvalue weighted by Gasteiger charge is 2.30. The van der Waals surface area contributed by atoms with Crippen LogP contribution < -0.4 is 10.2 Å². The van der Waals surface area contributed by atoms with Crippen molar-refractivity contribution in [2.75, 3.05) is 31.6 Å². The summed E-state index contributed by atoms with van der Waals surface area (Å²) in [7, 11) is 1.70. The van der Waals surface area contributed by atoms with Crippen LogP contribution in [0.3, 0.4) is 0 Å². The minimum Gasteiger partial charge on any atom is -0.354 e. The number of aromatic nitrogens is 1. The van der Waals surface area contributed by atoms with E-state index in [9.17, 15) is 9.59 Å². The first kappa shape index (κ1) is 18.1. The third-order valence-electron chi connectivity index (χ3n) is 5.26. The van der Waals surface area contributed by atoms with Crippen LogP contribution in [0.2, 0.25) is 5.02 Å². The summed E-state index contributed by atoms with van der Waals surface area (Å²) in [6, 6.07) is 5.76. The summed E-state index contributed by atoms with van der Waals surface area (Å²) < 4.78 is 5.38. The van der Waals surface area contributed by atoms with Crippen molar-refractivity contribution in [3.8, 4) is 0 Å². The molecule has 0 unspecified atom stereocenters. The Balaban J connectivity index is 1.34. The zero-order valence-corrected chi connectivity index (χ0v) is 16.0. The first-order chi connectivity index (χ1) is 13.0. The Bertz CT molecular complexity index is 856. The number of hydrogen-bond acceptors (Lipinski definition) is 5. The number of rotatable bonds is 5. The van der Waals surface area contributed by atoms with E-state index in [1.807, 2.05) is 12.1 Å². The molecule has 1 saturated carbocycles. The molecule has 0 spiro atoms. The molecule has 8 heteroatoms. The number of benzene rings is 1. The average Bonchev–Trinajstić information content (AvgIpc) is 3.37. The molecular formula is C19H23ClN4O3. The van der Waals surface area contributed by atoms with E-state index in [-0.39, 0.29) is 24.3 Å². The van der Waals surface area contributed by atoms with Gasteiger partial charge in [-0.2, -0.15) is 0 Å². The Morgan fingerprint density at radius 1 is 1.30 bits per heavy atom. The van der Waals surface area contributed by atoms with Crippen molar-refractivity contribution in [1.29, 1.82) is 0 Å². The van der Waals surface area contributed by atoms with Gasteiger partial charge in [0.05, 0.1) is 11.9 Å². The van der Waals surface area contributed by atoms with Crippen molar-refractivity contribution in [3.63, 3.8) is 0 Å². The minimum atomic E-state index is -0.0725. The molecule has 27 heavy (non-hydrogen) atoms. The van der Waals surface area contributed by atoms with Crippen molar-refractivity contribution in [2.45, 2.75) is 31.7 Å². The number of anilines is 1. The zero-order valence-electron chi connectivity index (χ0n) is 15.3. The van der Waals surface area contributed by atoms with Gasteiger partial charge in [-0.1, -0.05) is 16.8 Å². The van der Waals surface area contributed by atoms with Gasteiger partial charge < -0.3 is 19.6 Å². The summed E-state index contributed by atoms with van der Waals surface area (Å²) >= 11 is 6.09. The Kier molecular flexibility index (Phi) is 4.95. The van der Waals surface area contributed by atoms with Crippen molar-refractivity contribution in [3.05, 3.63) is 23.2 Å². The maximum Gasteiger partial charge on any atom is 0.239 e. The summed E-state index contributed by atoms with van der Waals surface area (Å²) in [6.07, 6.45) is 3.54. The van der Waals surface area contributed by atoms with Gasteiger partial charge in [-0.05, 0) is 43.9 Å². The summed E-state index contributed by atoms with van der Waals surface area (Å²) in [5.74, 6) is 0.669. The fraction of sp³-hybridized carbons (Fsp3) is 0.526. The van der Waals surface area contributed by atoms with Crippen molar-refractivity contribution in [2.24, 2.45) is 5.92 Å². The lowest BCUT2D eigenvalue weighted by Gasteiger charge is -2.33. The molecule has 2 aliphatic rings. The molecule has 2 heterocycles. The van der Waals surface area contributed by atoms with Gasteiger partial charge in [0.1, 0.15) is 0 Å². The number of hydrogen-bond donors (Lipinski definition) is 1. The van der Waals surface area contributed by atoms with E-state index in [0.29, 0.717) is 29.7 Å². The molecule has 2 fully saturated rings. The molecule has 0 bridgehead atoms. The normalized spacial score (nSPS) is 17.9. The number of likely N-dealkylation sites (N-methyl/N-ethyl adjacent to an activating group) is 1. The monoisotopic (exact) mass is 390 g/mol. The van der Waals surface area contributed by atoms with Gasteiger partial charge in [0.25, 0.3) is 0 Å². The van der Waals surface area contributed by atoms with Gasteiger partial charge in [0.15, 0.2) is 11.4 Å². The predicted molar refractivity (Wildman–Crippen MR) is 103 cm³/mol. The van der Waals surface area contributed by atoms with Crippen LogP contribution in [0.15, 0.2) is 22.7 Å². The highest BCUT2D eigenvalue weighted by molar-refractivity contribution is 6.31. The Labute approximate surface area is 162 Å². The Hall–Kier alpha value is -2.28. The number of fused-ring (bicyclic) bond motifs is 1. The average molecular weight is 391 g/mol. The third-order valence-corrected chi connectivity index (χ3v) is 5.49. The fourth-order valence-corrected chi connectivity index (χ4v) is 3.74. The lowest BCUT2D eigenvalue weighted by molar-refractivity contribution is -0.138. The third kappa shape index (κ3) is 4.03. The second kappa shape index (κ2) is 7.38. The molecule has 1 aliphatic heterocycles.